The van der Waals surface area contributed by atoms with Gasteiger partial charge in [-0.25, -0.2) is 0 Å². The van der Waals surface area contributed by atoms with Gasteiger partial charge in [-0.05, 0) is 17.7 Å². The van der Waals surface area contributed by atoms with Crippen LogP contribution in [0.25, 0.3) is 0 Å². The molecule has 2 rings (SSSR count). The first kappa shape index (κ1) is 15.3. The van der Waals surface area contributed by atoms with E-state index in [1.807, 2.05) is 4.90 Å². The molecule has 0 amide bonds. The molecule has 1 aromatic rings. The lowest BCUT2D eigenvalue weighted by atomic mass is 10.0. The smallest absolute Gasteiger partial charge is 0.325 e. The van der Waals surface area contributed by atoms with E-state index in [9.17, 15) is 14.7 Å². The van der Waals surface area contributed by atoms with Crippen molar-refractivity contribution in [1.82, 2.24) is 4.90 Å². The number of rotatable bonds is 5. The number of carbonyl (C=O) groups is 2. The second kappa shape index (κ2) is 6.58. The van der Waals surface area contributed by atoms with E-state index in [4.69, 9.17) is 9.47 Å². The molecule has 1 heterocycles. The average molecular weight is 293 g/mol. The topological polar surface area (TPSA) is 76.1 Å². The molecule has 0 saturated carbocycles. The lowest BCUT2D eigenvalue weighted by molar-refractivity contribution is -0.145. The minimum absolute atomic E-state index is 0.183. The quantitative estimate of drug-likeness (QED) is 0.886. The molecular formula is C15H19NO5. The molecule has 21 heavy (non-hydrogen) atoms. The van der Waals surface area contributed by atoms with E-state index in [-0.39, 0.29) is 5.78 Å². The van der Waals surface area contributed by atoms with Crippen LogP contribution in [0.4, 0.5) is 0 Å². The zero-order valence-corrected chi connectivity index (χ0v) is 12.2. The van der Waals surface area contributed by atoms with Crippen molar-refractivity contribution >= 4 is 11.8 Å². The Morgan fingerprint density at radius 2 is 1.81 bits per heavy atom. The van der Waals surface area contributed by atoms with Crippen LogP contribution in [-0.4, -0.2) is 49.1 Å². The molecule has 6 heteroatoms. The first-order valence-electron chi connectivity index (χ1n) is 6.77. The maximum Gasteiger partial charge on any atom is 0.325 e. The Labute approximate surface area is 123 Å². The number of likely N-dealkylation sites (tertiary alicyclic amines) is 1. The van der Waals surface area contributed by atoms with Crippen LogP contribution in [0.15, 0.2) is 18.2 Å². The molecule has 1 saturated heterocycles. The third kappa shape index (κ3) is 3.33. The number of methoxy groups -OCH3 is 2. The molecule has 1 N–H and O–H groups in total. The van der Waals surface area contributed by atoms with Crippen molar-refractivity contribution in [1.29, 1.82) is 0 Å². The summed E-state index contributed by atoms with van der Waals surface area (Å²) in [5.74, 6) is 0.299. The number of nitrogens with zero attached hydrogens (tertiary/aromatic N) is 1. The molecule has 1 atom stereocenters. The Bertz CT molecular complexity index is 533. The van der Waals surface area contributed by atoms with Gasteiger partial charge in [0, 0.05) is 25.9 Å². The number of carboxylic acids is 1. The molecule has 1 aromatic carbocycles. The maximum absolute atomic E-state index is 11.6. The summed E-state index contributed by atoms with van der Waals surface area (Å²) >= 11 is 0. The lowest BCUT2D eigenvalue weighted by Crippen LogP contribution is -2.40. The van der Waals surface area contributed by atoms with Gasteiger partial charge in [-0.1, -0.05) is 6.07 Å². The van der Waals surface area contributed by atoms with Crippen LogP contribution >= 0.6 is 0 Å². The fourth-order valence-electron chi connectivity index (χ4n) is 2.56. The Morgan fingerprint density at radius 3 is 2.33 bits per heavy atom. The molecule has 1 unspecified atom stereocenters. The van der Waals surface area contributed by atoms with E-state index in [0.717, 1.165) is 0 Å². The van der Waals surface area contributed by atoms with Crippen LogP contribution in [0.2, 0.25) is 0 Å². The Hall–Kier alpha value is -2.08. The van der Waals surface area contributed by atoms with Crippen LogP contribution in [0.5, 0.6) is 11.5 Å². The summed E-state index contributed by atoms with van der Waals surface area (Å²) in [6.45, 7) is 0.925. The number of hydrogen-bond acceptors (Lipinski definition) is 5. The predicted molar refractivity (Wildman–Crippen MR) is 75.7 cm³/mol. The number of hydrogen-bond donors (Lipinski definition) is 1. The number of ether oxygens (including phenoxy) is 2. The maximum atomic E-state index is 11.6. The van der Waals surface area contributed by atoms with E-state index in [1.165, 1.54) is 14.2 Å². The number of benzene rings is 1. The first-order valence-corrected chi connectivity index (χ1v) is 6.77. The number of piperidine rings is 1. The van der Waals surface area contributed by atoms with E-state index in [0.29, 0.717) is 43.0 Å². The second-order valence-corrected chi connectivity index (χ2v) is 4.93. The molecule has 114 valence electrons. The standard InChI is InChI=1S/C15H19NO5/c1-20-12-4-3-10(9-13(12)21-2)14(15(18)19)16-7-5-11(17)6-8-16/h3-4,9,14H,5-8H2,1-2H3,(H,18,19). The molecule has 0 spiro atoms. The minimum Gasteiger partial charge on any atom is -0.493 e. The summed E-state index contributed by atoms with van der Waals surface area (Å²) in [5, 5.41) is 9.54. The van der Waals surface area contributed by atoms with Crippen molar-refractivity contribution in [3.05, 3.63) is 23.8 Å². The number of ketones is 1. The van der Waals surface area contributed by atoms with Gasteiger partial charge >= 0.3 is 5.97 Å². The highest BCUT2D eigenvalue weighted by Gasteiger charge is 2.30. The third-order valence-corrected chi connectivity index (χ3v) is 3.68. The molecular weight excluding hydrogens is 274 g/mol. The highest BCUT2D eigenvalue weighted by Crippen LogP contribution is 2.32. The molecule has 0 radical (unpaired) electrons. The summed E-state index contributed by atoms with van der Waals surface area (Å²) in [7, 11) is 3.04. The van der Waals surface area contributed by atoms with E-state index >= 15 is 0 Å². The summed E-state index contributed by atoms with van der Waals surface area (Å²) < 4.78 is 10.4. The van der Waals surface area contributed by atoms with Crippen LogP contribution in [0.3, 0.4) is 0 Å². The Kier molecular flexibility index (Phi) is 4.80. The molecule has 0 bridgehead atoms. The van der Waals surface area contributed by atoms with Gasteiger partial charge in [-0.2, -0.15) is 0 Å². The second-order valence-electron chi connectivity index (χ2n) is 4.93. The van der Waals surface area contributed by atoms with Crippen LogP contribution in [0.1, 0.15) is 24.4 Å². The zero-order chi connectivity index (χ0) is 15.4. The van der Waals surface area contributed by atoms with Crippen molar-refractivity contribution in [3.8, 4) is 11.5 Å². The van der Waals surface area contributed by atoms with Crippen LogP contribution in [-0.2, 0) is 9.59 Å². The summed E-state index contributed by atoms with van der Waals surface area (Å²) in [6, 6.07) is 4.31. The van der Waals surface area contributed by atoms with Crippen molar-refractivity contribution in [2.45, 2.75) is 18.9 Å². The van der Waals surface area contributed by atoms with Crippen molar-refractivity contribution in [3.63, 3.8) is 0 Å². The number of Topliss-reactive ketones (excluding diaryl/α,β-unsaturated/α-hetero) is 1. The highest BCUT2D eigenvalue weighted by molar-refractivity contribution is 5.80. The third-order valence-electron chi connectivity index (χ3n) is 3.68. The zero-order valence-electron chi connectivity index (χ0n) is 12.2. The average Bonchev–Trinajstić information content (AvgIpc) is 2.49. The lowest BCUT2D eigenvalue weighted by Gasteiger charge is -2.31. The van der Waals surface area contributed by atoms with Gasteiger partial charge in [0.05, 0.1) is 14.2 Å². The van der Waals surface area contributed by atoms with Gasteiger partial charge in [0.1, 0.15) is 11.8 Å². The van der Waals surface area contributed by atoms with Gasteiger partial charge in [-0.3, -0.25) is 14.5 Å². The summed E-state index contributed by atoms with van der Waals surface area (Å²) in [6.07, 6.45) is 0.800. The number of carboxylic acid groups (broad SMARTS) is 1. The van der Waals surface area contributed by atoms with Gasteiger partial charge < -0.3 is 14.6 Å². The highest BCUT2D eigenvalue weighted by atomic mass is 16.5. The van der Waals surface area contributed by atoms with E-state index in [2.05, 4.69) is 0 Å². The minimum atomic E-state index is -0.934. The number of aliphatic carboxylic acids is 1. The summed E-state index contributed by atoms with van der Waals surface area (Å²) in [5.41, 5.74) is 0.620. The fourth-order valence-corrected chi connectivity index (χ4v) is 2.56. The largest absolute Gasteiger partial charge is 0.493 e. The molecule has 6 nitrogen and oxygen atoms in total. The van der Waals surface area contributed by atoms with Crippen LogP contribution in [0, 0.1) is 0 Å². The van der Waals surface area contributed by atoms with Gasteiger partial charge in [0.2, 0.25) is 0 Å². The SMILES string of the molecule is COc1ccc(C(C(=O)O)N2CCC(=O)CC2)cc1OC. The normalized spacial score (nSPS) is 17.3. The number of carbonyl (C=O) groups excluding carboxylic acids is 1. The molecule has 1 aliphatic rings. The van der Waals surface area contributed by atoms with Crippen LogP contribution < -0.4 is 9.47 Å². The molecule has 0 aliphatic carbocycles. The van der Waals surface area contributed by atoms with Crippen molar-refractivity contribution in [2.24, 2.45) is 0 Å². The summed E-state index contributed by atoms with van der Waals surface area (Å²) in [4.78, 5) is 24.8. The Morgan fingerprint density at radius 1 is 1.19 bits per heavy atom. The molecule has 1 aliphatic heterocycles. The van der Waals surface area contributed by atoms with Gasteiger partial charge in [0.25, 0.3) is 0 Å². The first-order chi connectivity index (χ1) is 10.1. The van der Waals surface area contributed by atoms with Gasteiger partial charge in [0.15, 0.2) is 11.5 Å². The van der Waals surface area contributed by atoms with E-state index < -0.39 is 12.0 Å². The molecule has 0 aromatic heterocycles. The monoisotopic (exact) mass is 293 g/mol. The predicted octanol–water partition coefficient (Wildman–Crippen LogP) is 1.49. The van der Waals surface area contributed by atoms with Crippen molar-refractivity contribution < 1.29 is 24.2 Å². The van der Waals surface area contributed by atoms with E-state index in [1.54, 1.807) is 18.2 Å². The fraction of sp³-hybridized carbons (Fsp3) is 0.467. The Balaban J connectivity index is 2.30. The van der Waals surface area contributed by atoms with Crippen molar-refractivity contribution in [2.75, 3.05) is 27.3 Å². The molecule has 1 fully saturated rings. The van der Waals surface area contributed by atoms with Gasteiger partial charge in [-0.15, -0.1) is 0 Å².